The number of ether oxygens (including phenoxy) is 1. The summed E-state index contributed by atoms with van der Waals surface area (Å²) in [6, 6.07) is 0.0282. The van der Waals surface area contributed by atoms with Crippen molar-refractivity contribution in [1.29, 1.82) is 0 Å². The summed E-state index contributed by atoms with van der Waals surface area (Å²) in [5.74, 6) is 2.06. The topological polar surface area (TPSA) is 69.2 Å². The Bertz CT molecular complexity index is 663. The van der Waals surface area contributed by atoms with Crippen molar-refractivity contribution in [2.75, 3.05) is 19.7 Å². The van der Waals surface area contributed by atoms with Crippen molar-refractivity contribution in [2.24, 2.45) is 0 Å². The summed E-state index contributed by atoms with van der Waals surface area (Å²) in [5, 5.41) is 8.52. The summed E-state index contributed by atoms with van der Waals surface area (Å²) in [6.45, 7) is 7.48. The number of aryl methyl sites for hydroxylation is 1. The van der Waals surface area contributed by atoms with Gasteiger partial charge in [0.15, 0.2) is 5.82 Å². The maximum Gasteiger partial charge on any atom is 0.246 e. The third-order valence-corrected chi connectivity index (χ3v) is 4.63. The molecule has 1 aliphatic heterocycles. The van der Waals surface area contributed by atoms with Gasteiger partial charge in [-0.15, -0.1) is 0 Å². The fraction of sp³-hybridized carbons (Fsp3) is 0.688. The van der Waals surface area contributed by atoms with Gasteiger partial charge in [-0.3, -0.25) is 9.58 Å². The van der Waals surface area contributed by atoms with Crippen molar-refractivity contribution in [1.82, 2.24) is 24.8 Å². The first-order chi connectivity index (χ1) is 11.2. The van der Waals surface area contributed by atoms with Gasteiger partial charge in [0.05, 0.1) is 25.5 Å². The van der Waals surface area contributed by atoms with E-state index in [1.807, 2.05) is 10.9 Å². The largest absolute Gasteiger partial charge is 0.375 e. The SMILES string of the molecule is Cc1cnn(CCN2CCO[C@H](C)[C@H]2c2nc(C3CC3)no2)c1. The fourth-order valence-electron chi connectivity index (χ4n) is 3.19. The van der Waals surface area contributed by atoms with Crippen molar-refractivity contribution in [2.45, 2.75) is 51.3 Å². The second-order valence-corrected chi connectivity index (χ2v) is 6.60. The van der Waals surface area contributed by atoms with Gasteiger partial charge in [0.2, 0.25) is 5.89 Å². The Hall–Kier alpha value is -1.73. The first-order valence-corrected chi connectivity index (χ1v) is 8.39. The molecule has 2 atom stereocenters. The van der Waals surface area contributed by atoms with Gasteiger partial charge < -0.3 is 9.26 Å². The monoisotopic (exact) mass is 317 g/mol. The summed E-state index contributed by atoms with van der Waals surface area (Å²) in [6.07, 6.45) is 6.36. The third-order valence-electron chi connectivity index (χ3n) is 4.63. The molecule has 7 heteroatoms. The Morgan fingerprint density at radius 1 is 1.30 bits per heavy atom. The van der Waals surface area contributed by atoms with E-state index in [0.717, 1.165) is 32.1 Å². The van der Waals surface area contributed by atoms with E-state index in [2.05, 4.69) is 40.2 Å². The molecule has 2 aromatic heterocycles. The van der Waals surface area contributed by atoms with Gasteiger partial charge in [0.1, 0.15) is 6.04 Å². The van der Waals surface area contributed by atoms with Crippen molar-refractivity contribution in [3.05, 3.63) is 29.7 Å². The minimum absolute atomic E-state index is 0.0282. The molecule has 23 heavy (non-hydrogen) atoms. The van der Waals surface area contributed by atoms with Gasteiger partial charge in [-0.25, -0.2) is 0 Å². The number of aromatic nitrogens is 4. The summed E-state index contributed by atoms with van der Waals surface area (Å²) in [4.78, 5) is 7.00. The molecule has 2 aromatic rings. The normalized spacial score (nSPS) is 25.8. The van der Waals surface area contributed by atoms with E-state index in [-0.39, 0.29) is 12.1 Å². The number of hydrogen-bond donors (Lipinski definition) is 0. The smallest absolute Gasteiger partial charge is 0.246 e. The van der Waals surface area contributed by atoms with E-state index >= 15 is 0 Å². The zero-order valence-electron chi connectivity index (χ0n) is 13.7. The second kappa shape index (κ2) is 6.05. The van der Waals surface area contributed by atoms with E-state index < -0.39 is 0 Å². The lowest BCUT2D eigenvalue weighted by Crippen LogP contribution is -2.45. The Balaban J connectivity index is 1.48. The van der Waals surface area contributed by atoms with Crippen LogP contribution in [0.4, 0.5) is 0 Å². The molecule has 1 saturated heterocycles. The zero-order valence-corrected chi connectivity index (χ0v) is 13.7. The molecule has 0 bridgehead atoms. The van der Waals surface area contributed by atoms with Gasteiger partial charge >= 0.3 is 0 Å². The van der Waals surface area contributed by atoms with E-state index in [9.17, 15) is 0 Å². The predicted octanol–water partition coefficient (Wildman–Crippen LogP) is 1.91. The van der Waals surface area contributed by atoms with Crippen LogP contribution in [0.1, 0.15) is 49.0 Å². The highest BCUT2D eigenvalue weighted by molar-refractivity contribution is 5.06. The Morgan fingerprint density at radius 2 is 2.17 bits per heavy atom. The molecule has 2 fully saturated rings. The second-order valence-electron chi connectivity index (χ2n) is 6.60. The van der Waals surface area contributed by atoms with Crippen LogP contribution in [0.5, 0.6) is 0 Å². The molecule has 0 radical (unpaired) electrons. The van der Waals surface area contributed by atoms with Gasteiger partial charge in [-0.05, 0) is 32.3 Å². The molecule has 0 unspecified atom stereocenters. The van der Waals surface area contributed by atoms with Crippen LogP contribution in [0.25, 0.3) is 0 Å². The average molecular weight is 317 g/mol. The van der Waals surface area contributed by atoms with Crippen LogP contribution in [-0.2, 0) is 11.3 Å². The lowest BCUT2D eigenvalue weighted by molar-refractivity contribution is -0.0739. The van der Waals surface area contributed by atoms with Crippen LogP contribution in [0, 0.1) is 6.92 Å². The van der Waals surface area contributed by atoms with E-state index in [1.165, 1.54) is 18.4 Å². The van der Waals surface area contributed by atoms with Crippen molar-refractivity contribution < 1.29 is 9.26 Å². The van der Waals surface area contributed by atoms with Crippen LogP contribution in [0.3, 0.4) is 0 Å². The van der Waals surface area contributed by atoms with Gasteiger partial charge in [0, 0.05) is 25.2 Å². The predicted molar refractivity (Wildman–Crippen MR) is 83.0 cm³/mol. The van der Waals surface area contributed by atoms with Crippen molar-refractivity contribution in [3.63, 3.8) is 0 Å². The molecule has 4 rings (SSSR count). The highest BCUT2D eigenvalue weighted by Gasteiger charge is 2.37. The van der Waals surface area contributed by atoms with Gasteiger partial charge in [-0.1, -0.05) is 5.16 Å². The lowest BCUT2D eigenvalue weighted by Gasteiger charge is -2.37. The first kappa shape index (κ1) is 14.8. The molecule has 0 N–H and O–H groups in total. The number of nitrogens with zero attached hydrogens (tertiary/aromatic N) is 5. The number of morpholine rings is 1. The maximum atomic E-state index is 5.82. The highest BCUT2D eigenvalue weighted by Crippen LogP contribution is 2.39. The number of hydrogen-bond acceptors (Lipinski definition) is 6. The van der Waals surface area contributed by atoms with Crippen molar-refractivity contribution >= 4 is 0 Å². The summed E-state index contributed by atoms with van der Waals surface area (Å²) in [7, 11) is 0. The minimum Gasteiger partial charge on any atom is -0.375 e. The Kier molecular flexibility index (Phi) is 3.90. The van der Waals surface area contributed by atoms with Gasteiger partial charge in [-0.2, -0.15) is 10.1 Å². The Morgan fingerprint density at radius 3 is 2.91 bits per heavy atom. The standard InChI is InChI=1S/C16H23N5O2/c1-11-9-17-21(10-11)6-5-20-7-8-22-12(2)14(20)16-18-15(19-23-16)13-3-4-13/h9-10,12-14H,3-8H2,1-2H3/t12-,14+/m1/s1. The highest BCUT2D eigenvalue weighted by atomic mass is 16.5. The quantitative estimate of drug-likeness (QED) is 0.839. The van der Waals surface area contributed by atoms with E-state index in [0.29, 0.717) is 11.8 Å². The minimum atomic E-state index is 0.0282. The molecule has 0 amide bonds. The molecular formula is C16H23N5O2. The summed E-state index contributed by atoms with van der Waals surface area (Å²) in [5.41, 5.74) is 1.18. The maximum absolute atomic E-state index is 5.82. The number of rotatable bonds is 5. The molecule has 1 saturated carbocycles. The van der Waals surface area contributed by atoms with E-state index in [1.54, 1.807) is 0 Å². The summed E-state index contributed by atoms with van der Waals surface area (Å²) < 4.78 is 13.4. The Labute approximate surface area is 135 Å². The molecule has 7 nitrogen and oxygen atoms in total. The lowest BCUT2D eigenvalue weighted by atomic mass is 10.1. The molecule has 0 spiro atoms. The van der Waals surface area contributed by atoms with Crippen molar-refractivity contribution in [3.8, 4) is 0 Å². The van der Waals surface area contributed by atoms with E-state index in [4.69, 9.17) is 9.26 Å². The van der Waals surface area contributed by atoms with Crippen LogP contribution >= 0.6 is 0 Å². The van der Waals surface area contributed by atoms with Crippen LogP contribution < -0.4 is 0 Å². The molecule has 0 aromatic carbocycles. The van der Waals surface area contributed by atoms with Crippen LogP contribution in [-0.4, -0.2) is 50.6 Å². The molecule has 1 aliphatic carbocycles. The van der Waals surface area contributed by atoms with Crippen LogP contribution in [0.2, 0.25) is 0 Å². The summed E-state index contributed by atoms with van der Waals surface area (Å²) >= 11 is 0. The molecule has 3 heterocycles. The average Bonchev–Trinajstić information content (AvgIpc) is 3.13. The molecule has 124 valence electrons. The first-order valence-electron chi connectivity index (χ1n) is 8.39. The third kappa shape index (κ3) is 3.16. The van der Waals surface area contributed by atoms with Gasteiger partial charge in [0.25, 0.3) is 0 Å². The fourth-order valence-corrected chi connectivity index (χ4v) is 3.19. The molecule has 2 aliphatic rings. The van der Waals surface area contributed by atoms with Crippen LogP contribution in [0.15, 0.2) is 16.9 Å². The zero-order chi connectivity index (χ0) is 15.8. The molecular weight excluding hydrogens is 294 g/mol.